The van der Waals surface area contributed by atoms with E-state index in [2.05, 4.69) is 0 Å². The molecule has 0 spiro atoms. The second-order valence-electron chi connectivity index (χ2n) is 3.69. The van der Waals surface area contributed by atoms with E-state index in [9.17, 15) is 14.9 Å². The number of unbranched alkanes of at least 4 members (excludes halogenated alkanes) is 2. The van der Waals surface area contributed by atoms with Crippen molar-refractivity contribution in [3.05, 3.63) is 39.9 Å². The number of hydrogen-bond donors (Lipinski definition) is 0. The van der Waals surface area contributed by atoms with Gasteiger partial charge in [0.05, 0.1) is 17.1 Å². The van der Waals surface area contributed by atoms with Crippen molar-refractivity contribution in [3.63, 3.8) is 0 Å². The lowest BCUT2D eigenvalue weighted by atomic mass is 10.2. The Morgan fingerprint density at radius 1 is 1.22 bits per heavy atom. The molecule has 0 amide bonds. The Balaban J connectivity index is 2.39. The van der Waals surface area contributed by atoms with Gasteiger partial charge >= 0.3 is 5.97 Å². The first kappa shape index (κ1) is 14.4. The third-order valence-corrected chi connectivity index (χ3v) is 2.59. The van der Waals surface area contributed by atoms with Crippen molar-refractivity contribution >= 4 is 23.3 Å². The summed E-state index contributed by atoms with van der Waals surface area (Å²) in [5.41, 5.74) is 0.270. The third-order valence-electron chi connectivity index (χ3n) is 2.32. The molecule has 0 bridgehead atoms. The molecule has 1 rings (SSSR count). The van der Waals surface area contributed by atoms with Crippen molar-refractivity contribution in [2.45, 2.75) is 19.3 Å². The van der Waals surface area contributed by atoms with Crippen LogP contribution >= 0.6 is 11.6 Å². The van der Waals surface area contributed by atoms with Crippen LogP contribution in [0.15, 0.2) is 24.3 Å². The predicted octanol–water partition coefficient (Wildman–Crippen LogP) is 3.16. The zero-order valence-corrected chi connectivity index (χ0v) is 10.6. The molecule has 1 aromatic carbocycles. The lowest BCUT2D eigenvalue weighted by molar-refractivity contribution is -0.384. The van der Waals surface area contributed by atoms with E-state index >= 15 is 0 Å². The standard InChI is InChI=1S/C12H14ClNO4/c13-8-2-1-3-9-18-12(15)10-4-6-11(7-5-10)14(16)17/h4-7H,1-3,8-9H2. The van der Waals surface area contributed by atoms with Gasteiger partial charge < -0.3 is 4.74 Å². The lowest BCUT2D eigenvalue weighted by Gasteiger charge is -2.04. The van der Waals surface area contributed by atoms with Crippen LogP contribution in [0.5, 0.6) is 0 Å². The third kappa shape index (κ3) is 4.71. The highest BCUT2D eigenvalue weighted by atomic mass is 35.5. The SMILES string of the molecule is O=C(OCCCCCCl)c1ccc([N+](=O)[O-])cc1. The topological polar surface area (TPSA) is 69.4 Å². The van der Waals surface area contributed by atoms with E-state index in [1.807, 2.05) is 0 Å². The van der Waals surface area contributed by atoms with Gasteiger partial charge in [0, 0.05) is 18.0 Å². The fraction of sp³-hybridized carbons (Fsp3) is 0.417. The molecular weight excluding hydrogens is 258 g/mol. The number of nitro groups is 1. The number of carbonyl (C=O) groups excluding carboxylic acids is 1. The van der Waals surface area contributed by atoms with Gasteiger partial charge in [0.25, 0.3) is 5.69 Å². The van der Waals surface area contributed by atoms with Crippen LogP contribution in [0.3, 0.4) is 0 Å². The molecule has 1 aromatic rings. The van der Waals surface area contributed by atoms with Crippen LogP contribution in [-0.4, -0.2) is 23.4 Å². The molecule has 0 aromatic heterocycles. The van der Waals surface area contributed by atoms with Gasteiger partial charge in [-0.2, -0.15) is 0 Å². The van der Waals surface area contributed by atoms with E-state index in [-0.39, 0.29) is 5.69 Å². The Morgan fingerprint density at radius 2 is 1.89 bits per heavy atom. The zero-order valence-electron chi connectivity index (χ0n) is 9.80. The average molecular weight is 272 g/mol. The highest BCUT2D eigenvalue weighted by molar-refractivity contribution is 6.17. The first-order valence-electron chi connectivity index (χ1n) is 5.62. The molecule has 0 saturated carbocycles. The zero-order chi connectivity index (χ0) is 13.4. The van der Waals surface area contributed by atoms with Gasteiger partial charge in [-0.25, -0.2) is 4.79 Å². The van der Waals surface area contributed by atoms with Crippen molar-refractivity contribution < 1.29 is 14.5 Å². The summed E-state index contributed by atoms with van der Waals surface area (Å²) in [5, 5.41) is 10.4. The second-order valence-corrected chi connectivity index (χ2v) is 4.07. The molecule has 0 N–H and O–H groups in total. The Bertz CT molecular complexity index is 405. The first-order valence-corrected chi connectivity index (χ1v) is 6.16. The molecule has 0 saturated heterocycles. The summed E-state index contributed by atoms with van der Waals surface area (Å²) < 4.78 is 5.02. The molecular formula is C12H14ClNO4. The van der Waals surface area contributed by atoms with Gasteiger partial charge in [-0.3, -0.25) is 10.1 Å². The molecule has 0 unspecified atom stereocenters. The summed E-state index contributed by atoms with van der Waals surface area (Å²) in [6, 6.07) is 5.34. The highest BCUT2D eigenvalue weighted by Gasteiger charge is 2.10. The number of carbonyl (C=O) groups is 1. The maximum atomic E-state index is 11.5. The van der Waals surface area contributed by atoms with Gasteiger partial charge in [-0.1, -0.05) is 0 Å². The predicted molar refractivity (Wildman–Crippen MR) is 67.9 cm³/mol. The fourth-order valence-electron chi connectivity index (χ4n) is 1.34. The number of nitro benzene ring substituents is 1. The van der Waals surface area contributed by atoms with E-state index in [0.717, 1.165) is 19.3 Å². The molecule has 0 heterocycles. The first-order chi connectivity index (χ1) is 8.65. The number of halogens is 1. The minimum Gasteiger partial charge on any atom is -0.462 e. The van der Waals surface area contributed by atoms with Crippen molar-refractivity contribution in [2.75, 3.05) is 12.5 Å². The molecule has 0 radical (unpaired) electrons. The molecule has 0 aliphatic rings. The largest absolute Gasteiger partial charge is 0.462 e. The smallest absolute Gasteiger partial charge is 0.338 e. The number of esters is 1. The average Bonchev–Trinajstić information content (AvgIpc) is 2.38. The van der Waals surface area contributed by atoms with Gasteiger partial charge in [0.2, 0.25) is 0 Å². The second kappa shape index (κ2) is 7.66. The maximum absolute atomic E-state index is 11.5. The van der Waals surface area contributed by atoms with Gasteiger partial charge in [0.1, 0.15) is 0 Å². The van der Waals surface area contributed by atoms with E-state index in [4.69, 9.17) is 16.3 Å². The summed E-state index contributed by atoms with van der Waals surface area (Å²) in [7, 11) is 0. The number of benzene rings is 1. The van der Waals surface area contributed by atoms with Crippen LogP contribution in [-0.2, 0) is 4.74 Å². The molecule has 0 aliphatic heterocycles. The van der Waals surface area contributed by atoms with Crippen LogP contribution in [0.1, 0.15) is 29.6 Å². The minimum atomic E-state index is -0.513. The number of ether oxygens (including phenoxy) is 1. The Labute approximate surface area is 110 Å². The molecule has 0 atom stereocenters. The number of non-ortho nitro benzene ring substituents is 1. The number of hydrogen-bond acceptors (Lipinski definition) is 4. The van der Waals surface area contributed by atoms with Crippen molar-refractivity contribution in [2.24, 2.45) is 0 Å². The normalized spacial score (nSPS) is 10.1. The molecule has 0 fully saturated rings. The summed E-state index contributed by atoms with van der Waals surface area (Å²) in [6.07, 6.45) is 2.58. The fourth-order valence-corrected chi connectivity index (χ4v) is 1.53. The number of nitrogens with zero attached hydrogens (tertiary/aromatic N) is 1. The van der Waals surface area contributed by atoms with Crippen LogP contribution in [0, 0.1) is 10.1 Å². The van der Waals surface area contributed by atoms with Crippen LogP contribution < -0.4 is 0 Å². The van der Waals surface area contributed by atoms with Crippen molar-refractivity contribution in [3.8, 4) is 0 Å². The number of rotatable bonds is 7. The van der Waals surface area contributed by atoms with Gasteiger partial charge in [0.15, 0.2) is 0 Å². The molecule has 18 heavy (non-hydrogen) atoms. The van der Waals surface area contributed by atoms with E-state index in [1.54, 1.807) is 0 Å². The van der Waals surface area contributed by atoms with E-state index in [0.29, 0.717) is 18.1 Å². The Kier molecular flexibility index (Phi) is 6.14. The monoisotopic (exact) mass is 271 g/mol. The Hall–Kier alpha value is -1.62. The summed E-state index contributed by atoms with van der Waals surface area (Å²) in [4.78, 5) is 21.5. The quantitative estimate of drug-likeness (QED) is 0.251. The van der Waals surface area contributed by atoms with E-state index in [1.165, 1.54) is 24.3 Å². The van der Waals surface area contributed by atoms with Crippen LogP contribution in [0.2, 0.25) is 0 Å². The molecule has 5 nitrogen and oxygen atoms in total. The summed E-state index contributed by atoms with van der Waals surface area (Å²) in [6.45, 7) is 0.340. The van der Waals surface area contributed by atoms with Crippen molar-refractivity contribution in [1.29, 1.82) is 0 Å². The molecule has 0 aliphatic carbocycles. The van der Waals surface area contributed by atoms with Gasteiger partial charge in [-0.15, -0.1) is 11.6 Å². The minimum absolute atomic E-state index is 0.0475. The summed E-state index contributed by atoms with van der Waals surface area (Å²) >= 11 is 5.52. The Morgan fingerprint density at radius 3 is 2.44 bits per heavy atom. The highest BCUT2D eigenvalue weighted by Crippen LogP contribution is 2.12. The molecule has 98 valence electrons. The van der Waals surface area contributed by atoms with Crippen LogP contribution in [0.25, 0.3) is 0 Å². The van der Waals surface area contributed by atoms with Crippen molar-refractivity contribution in [1.82, 2.24) is 0 Å². The molecule has 6 heteroatoms. The van der Waals surface area contributed by atoms with Gasteiger partial charge in [-0.05, 0) is 31.4 Å². The lowest BCUT2D eigenvalue weighted by Crippen LogP contribution is -2.06. The maximum Gasteiger partial charge on any atom is 0.338 e. The summed E-state index contributed by atoms with van der Waals surface area (Å²) in [5.74, 6) is 0.145. The number of alkyl halides is 1. The van der Waals surface area contributed by atoms with E-state index < -0.39 is 10.9 Å². The van der Waals surface area contributed by atoms with Crippen LogP contribution in [0.4, 0.5) is 5.69 Å².